The third kappa shape index (κ3) is 3.14. The van der Waals surface area contributed by atoms with E-state index in [4.69, 9.17) is 5.73 Å². The molecular formula is C18H19N3O2S2. The van der Waals surface area contributed by atoms with E-state index in [0.717, 1.165) is 42.8 Å². The number of nitrogens with zero attached hydrogens (tertiary/aromatic N) is 1. The van der Waals surface area contributed by atoms with Crippen molar-refractivity contribution >= 4 is 45.6 Å². The maximum Gasteiger partial charge on any atom is 0.251 e. The highest BCUT2D eigenvalue weighted by molar-refractivity contribution is 7.99. The molecule has 0 atom stereocenters. The number of fused-ring (bicyclic) bond motifs is 2. The maximum atomic E-state index is 12.6. The number of para-hydroxylation sites is 1. The third-order valence-corrected chi connectivity index (χ3v) is 6.83. The predicted molar refractivity (Wildman–Crippen MR) is 103 cm³/mol. The average molecular weight is 374 g/mol. The first-order valence-corrected chi connectivity index (χ1v) is 10.1. The van der Waals surface area contributed by atoms with Gasteiger partial charge in [0.1, 0.15) is 5.00 Å². The highest BCUT2D eigenvalue weighted by atomic mass is 32.2. The summed E-state index contributed by atoms with van der Waals surface area (Å²) in [6.07, 6.45) is 2.89. The lowest BCUT2D eigenvalue weighted by molar-refractivity contribution is -0.114. The first kappa shape index (κ1) is 16.5. The summed E-state index contributed by atoms with van der Waals surface area (Å²) in [5.74, 6) is 0.406. The number of carbonyl (C=O) groups is 2. The summed E-state index contributed by atoms with van der Waals surface area (Å²) in [5.41, 5.74) is 8.20. The van der Waals surface area contributed by atoms with Crippen molar-refractivity contribution in [2.75, 3.05) is 29.1 Å². The first-order valence-electron chi connectivity index (χ1n) is 8.34. The second-order valence-electron chi connectivity index (χ2n) is 6.21. The van der Waals surface area contributed by atoms with Gasteiger partial charge in [0, 0.05) is 22.1 Å². The lowest BCUT2D eigenvalue weighted by atomic mass is 10.1. The van der Waals surface area contributed by atoms with Crippen molar-refractivity contribution in [2.24, 2.45) is 5.73 Å². The first-order chi connectivity index (χ1) is 12.1. The molecule has 0 bridgehead atoms. The Morgan fingerprint density at radius 2 is 2.08 bits per heavy atom. The number of rotatable bonds is 4. The SMILES string of the molecule is NC(=O)c1c(NC(=O)CN2CCSc3ccccc32)sc2c1CCC2. The fraction of sp³-hybridized carbons (Fsp3) is 0.333. The van der Waals surface area contributed by atoms with Crippen LogP contribution in [-0.4, -0.2) is 30.7 Å². The van der Waals surface area contributed by atoms with Crippen LogP contribution in [0.1, 0.15) is 27.2 Å². The Morgan fingerprint density at radius 3 is 2.92 bits per heavy atom. The summed E-state index contributed by atoms with van der Waals surface area (Å²) in [5, 5.41) is 3.54. The lowest BCUT2D eigenvalue weighted by Crippen LogP contribution is -2.36. The molecule has 2 amide bonds. The minimum absolute atomic E-state index is 0.107. The number of primary amides is 1. The monoisotopic (exact) mass is 373 g/mol. The maximum absolute atomic E-state index is 12.6. The summed E-state index contributed by atoms with van der Waals surface area (Å²) in [6.45, 7) is 1.11. The molecule has 1 aliphatic heterocycles. The van der Waals surface area contributed by atoms with E-state index in [1.54, 1.807) is 0 Å². The molecule has 130 valence electrons. The fourth-order valence-corrected chi connectivity index (χ4v) is 5.85. The van der Waals surface area contributed by atoms with Gasteiger partial charge in [0.05, 0.1) is 17.8 Å². The van der Waals surface area contributed by atoms with Gasteiger partial charge in [-0.25, -0.2) is 0 Å². The van der Waals surface area contributed by atoms with Crippen LogP contribution in [0.3, 0.4) is 0 Å². The fourth-order valence-electron chi connectivity index (χ4n) is 3.48. The van der Waals surface area contributed by atoms with E-state index in [0.29, 0.717) is 10.6 Å². The molecule has 3 N–H and O–H groups in total. The zero-order valence-electron chi connectivity index (χ0n) is 13.7. The standard InChI is InChI=1S/C18H19N3O2S2/c19-17(23)16-11-4-3-7-13(11)25-18(16)20-15(22)10-21-8-9-24-14-6-2-1-5-12(14)21/h1-2,5-6H,3-4,7-10H2,(H2,19,23)(H,20,22). The van der Waals surface area contributed by atoms with Crippen LogP contribution < -0.4 is 16.0 Å². The molecule has 1 aliphatic carbocycles. The Hall–Kier alpha value is -1.99. The van der Waals surface area contributed by atoms with Gasteiger partial charge >= 0.3 is 0 Å². The Morgan fingerprint density at radius 1 is 1.24 bits per heavy atom. The molecule has 0 radical (unpaired) electrons. The highest BCUT2D eigenvalue weighted by Crippen LogP contribution is 2.39. The van der Waals surface area contributed by atoms with Crippen molar-refractivity contribution in [3.05, 3.63) is 40.3 Å². The van der Waals surface area contributed by atoms with E-state index in [1.807, 2.05) is 30.0 Å². The van der Waals surface area contributed by atoms with Gasteiger partial charge in [-0.05, 0) is 37.0 Å². The van der Waals surface area contributed by atoms with Crippen LogP contribution in [0.4, 0.5) is 10.7 Å². The number of thiophene rings is 1. The van der Waals surface area contributed by atoms with Crippen LogP contribution in [0.2, 0.25) is 0 Å². The van der Waals surface area contributed by atoms with E-state index in [9.17, 15) is 9.59 Å². The van der Waals surface area contributed by atoms with Crippen LogP contribution in [0, 0.1) is 0 Å². The number of nitrogens with two attached hydrogens (primary N) is 1. The molecule has 0 spiro atoms. The number of anilines is 2. The van der Waals surface area contributed by atoms with Crippen LogP contribution in [0.15, 0.2) is 29.2 Å². The van der Waals surface area contributed by atoms with Gasteiger partial charge in [0.15, 0.2) is 0 Å². The number of amides is 2. The Balaban J connectivity index is 1.52. The highest BCUT2D eigenvalue weighted by Gasteiger charge is 2.27. The van der Waals surface area contributed by atoms with Crippen molar-refractivity contribution < 1.29 is 9.59 Å². The number of nitrogens with one attached hydrogen (secondary N) is 1. The molecule has 25 heavy (non-hydrogen) atoms. The molecule has 0 fully saturated rings. The minimum Gasteiger partial charge on any atom is -0.365 e. The summed E-state index contributed by atoms with van der Waals surface area (Å²) >= 11 is 3.31. The predicted octanol–water partition coefficient (Wildman–Crippen LogP) is 2.89. The third-order valence-electron chi connectivity index (χ3n) is 4.58. The van der Waals surface area contributed by atoms with Crippen molar-refractivity contribution in [3.63, 3.8) is 0 Å². The number of carbonyl (C=O) groups excluding carboxylic acids is 2. The number of benzene rings is 1. The van der Waals surface area contributed by atoms with Crippen LogP contribution in [-0.2, 0) is 17.6 Å². The summed E-state index contributed by atoms with van der Waals surface area (Å²) in [7, 11) is 0. The molecule has 4 rings (SSSR count). The van der Waals surface area contributed by atoms with Crippen molar-refractivity contribution in [3.8, 4) is 0 Å². The van der Waals surface area contributed by atoms with Crippen molar-refractivity contribution in [1.29, 1.82) is 0 Å². The summed E-state index contributed by atoms with van der Waals surface area (Å²) in [4.78, 5) is 28.9. The van der Waals surface area contributed by atoms with Gasteiger partial charge in [0.2, 0.25) is 5.91 Å². The van der Waals surface area contributed by atoms with E-state index >= 15 is 0 Å². The van der Waals surface area contributed by atoms with Crippen LogP contribution >= 0.6 is 23.1 Å². The molecule has 7 heteroatoms. The normalized spacial score (nSPS) is 15.6. The second-order valence-corrected chi connectivity index (χ2v) is 8.45. The quantitative estimate of drug-likeness (QED) is 0.864. The number of hydrogen-bond acceptors (Lipinski definition) is 5. The largest absolute Gasteiger partial charge is 0.365 e. The molecule has 0 unspecified atom stereocenters. The van der Waals surface area contributed by atoms with Gasteiger partial charge in [-0.2, -0.15) is 0 Å². The molecule has 5 nitrogen and oxygen atoms in total. The van der Waals surface area contributed by atoms with Crippen LogP contribution in [0.5, 0.6) is 0 Å². The van der Waals surface area contributed by atoms with E-state index < -0.39 is 5.91 Å². The van der Waals surface area contributed by atoms with Gasteiger partial charge < -0.3 is 16.0 Å². The molecule has 1 aromatic carbocycles. The van der Waals surface area contributed by atoms with Gasteiger partial charge in [-0.3, -0.25) is 9.59 Å². The zero-order valence-corrected chi connectivity index (χ0v) is 15.3. The minimum atomic E-state index is -0.450. The van der Waals surface area contributed by atoms with E-state index in [-0.39, 0.29) is 12.5 Å². The smallest absolute Gasteiger partial charge is 0.251 e. The van der Waals surface area contributed by atoms with Crippen LogP contribution in [0.25, 0.3) is 0 Å². The molecule has 0 saturated carbocycles. The van der Waals surface area contributed by atoms with Crippen molar-refractivity contribution in [1.82, 2.24) is 0 Å². The Kier molecular flexibility index (Phi) is 4.43. The zero-order chi connectivity index (χ0) is 17.4. The van der Waals surface area contributed by atoms with E-state index in [2.05, 4.69) is 16.3 Å². The molecule has 2 aliphatic rings. The molecular weight excluding hydrogens is 354 g/mol. The number of aryl methyl sites for hydroxylation is 1. The number of hydrogen-bond donors (Lipinski definition) is 2. The summed E-state index contributed by atoms with van der Waals surface area (Å²) < 4.78 is 0. The van der Waals surface area contributed by atoms with Gasteiger partial charge in [-0.1, -0.05) is 12.1 Å². The Labute approximate surface area is 154 Å². The Bertz CT molecular complexity index is 847. The average Bonchev–Trinajstić information content (AvgIpc) is 3.15. The molecule has 2 aromatic rings. The van der Waals surface area contributed by atoms with Gasteiger partial charge in [0.25, 0.3) is 5.91 Å². The second kappa shape index (κ2) is 6.72. The molecule has 1 aromatic heterocycles. The lowest BCUT2D eigenvalue weighted by Gasteiger charge is -2.30. The summed E-state index contributed by atoms with van der Waals surface area (Å²) in [6, 6.07) is 8.13. The molecule has 2 heterocycles. The number of thioether (sulfide) groups is 1. The van der Waals surface area contributed by atoms with Crippen molar-refractivity contribution in [2.45, 2.75) is 24.2 Å². The van der Waals surface area contributed by atoms with Gasteiger partial charge in [-0.15, -0.1) is 23.1 Å². The topological polar surface area (TPSA) is 75.4 Å². The molecule has 0 saturated heterocycles. The van der Waals surface area contributed by atoms with E-state index in [1.165, 1.54) is 21.1 Å².